The SMILES string of the molecule is CC(=O)Oc1ccc(-n2sc(C(=O)c3ccccc3)cc2=O)cc1. The van der Waals surface area contributed by atoms with Crippen LogP contribution in [0.25, 0.3) is 5.69 Å². The number of hydrogen-bond donors (Lipinski definition) is 0. The maximum atomic E-state index is 12.4. The van der Waals surface area contributed by atoms with Gasteiger partial charge in [-0.2, -0.15) is 0 Å². The number of carbonyl (C=O) groups excluding carboxylic acids is 2. The minimum atomic E-state index is -0.410. The summed E-state index contributed by atoms with van der Waals surface area (Å²) >= 11 is 1.08. The number of rotatable bonds is 4. The molecule has 0 bridgehead atoms. The third kappa shape index (κ3) is 3.33. The van der Waals surface area contributed by atoms with E-state index in [1.165, 1.54) is 16.9 Å². The van der Waals surface area contributed by atoms with Crippen molar-refractivity contribution in [2.45, 2.75) is 6.92 Å². The van der Waals surface area contributed by atoms with Crippen LogP contribution in [-0.2, 0) is 4.79 Å². The third-order valence-electron chi connectivity index (χ3n) is 3.24. The second-order valence-corrected chi connectivity index (χ2v) is 6.00. The minimum Gasteiger partial charge on any atom is -0.427 e. The highest BCUT2D eigenvalue weighted by molar-refractivity contribution is 7.09. The van der Waals surface area contributed by atoms with Crippen LogP contribution in [0, 0.1) is 0 Å². The molecule has 0 unspecified atom stereocenters. The van der Waals surface area contributed by atoms with Crippen LogP contribution in [0.3, 0.4) is 0 Å². The first kappa shape index (κ1) is 15.9. The van der Waals surface area contributed by atoms with Gasteiger partial charge in [-0.05, 0) is 35.8 Å². The first-order chi connectivity index (χ1) is 11.5. The Labute approximate surface area is 141 Å². The van der Waals surface area contributed by atoms with Crippen molar-refractivity contribution >= 4 is 23.3 Å². The molecule has 24 heavy (non-hydrogen) atoms. The van der Waals surface area contributed by atoms with E-state index in [0.717, 1.165) is 11.5 Å². The van der Waals surface area contributed by atoms with Crippen molar-refractivity contribution in [2.24, 2.45) is 0 Å². The molecular weight excluding hydrogens is 326 g/mol. The molecule has 1 aromatic heterocycles. The number of benzene rings is 2. The fourth-order valence-electron chi connectivity index (χ4n) is 2.17. The summed E-state index contributed by atoms with van der Waals surface area (Å²) in [6, 6.07) is 16.7. The van der Waals surface area contributed by atoms with Gasteiger partial charge in [0, 0.05) is 18.6 Å². The Balaban J connectivity index is 1.90. The van der Waals surface area contributed by atoms with Gasteiger partial charge in [-0.3, -0.25) is 14.4 Å². The molecule has 0 fully saturated rings. The van der Waals surface area contributed by atoms with Gasteiger partial charge in [0.25, 0.3) is 5.56 Å². The van der Waals surface area contributed by atoms with E-state index in [0.29, 0.717) is 21.9 Å². The van der Waals surface area contributed by atoms with Crippen molar-refractivity contribution in [3.63, 3.8) is 0 Å². The Morgan fingerprint density at radius 3 is 2.29 bits per heavy atom. The minimum absolute atomic E-state index is 0.187. The molecule has 0 aliphatic rings. The van der Waals surface area contributed by atoms with E-state index in [1.807, 2.05) is 6.07 Å². The van der Waals surface area contributed by atoms with Crippen LogP contribution in [0.4, 0.5) is 0 Å². The van der Waals surface area contributed by atoms with E-state index in [1.54, 1.807) is 48.5 Å². The predicted molar refractivity (Wildman–Crippen MR) is 91.1 cm³/mol. The lowest BCUT2D eigenvalue weighted by Crippen LogP contribution is -2.09. The maximum absolute atomic E-state index is 12.4. The molecule has 0 spiro atoms. The predicted octanol–water partition coefficient (Wildman–Crippen LogP) is 3.06. The standard InChI is InChI=1S/C18H13NO4S/c1-12(20)23-15-9-7-14(8-10-15)19-17(21)11-16(24-19)18(22)13-5-3-2-4-6-13/h2-11H,1H3. The third-order valence-corrected chi connectivity index (χ3v) is 4.31. The first-order valence-electron chi connectivity index (χ1n) is 7.16. The Morgan fingerprint density at radius 2 is 1.67 bits per heavy atom. The number of hydrogen-bond acceptors (Lipinski definition) is 5. The van der Waals surface area contributed by atoms with Gasteiger partial charge in [-0.1, -0.05) is 30.3 Å². The largest absolute Gasteiger partial charge is 0.427 e. The Morgan fingerprint density at radius 1 is 1.00 bits per heavy atom. The molecule has 2 aromatic carbocycles. The smallest absolute Gasteiger partial charge is 0.308 e. The van der Waals surface area contributed by atoms with E-state index in [9.17, 15) is 14.4 Å². The van der Waals surface area contributed by atoms with E-state index in [-0.39, 0.29) is 11.3 Å². The summed E-state index contributed by atoms with van der Waals surface area (Å²) in [6.45, 7) is 1.32. The number of aromatic nitrogens is 1. The van der Waals surface area contributed by atoms with Crippen molar-refractivity contribution in [3.05, 3.63) is 81.5 Å². The fourth-order valence-corrected chi connectivity index (χ4v) is 3.10. The van der Waals surface area contributed by atoms with Crippen LogP contribution in [0.5, 0.6) is 5.75 Å². The second-order valence-electron chi connectivity index (χ2n) is 5.02. The summed E-state index contributed by atoms with van der Waals surface area (Å²) < 4.78 is 6.38. The lowest BCUT2D eigenvalue weighted by molar-refractivity contribution is -0.131. The van der Waals surface area contributed by atoms with Crippen LogP contribution in [-0.4, -0.2) is 15.7 Å². The van der Waals surface area contributed by atoms with Crippen molar-refractivity contribution in [2.75, 3.05) is 0 Å². The normalized spacial score (nSPS) is 10.4. The number of esters is 1. The van der Waals surface area contributed by atoms with Crippen LogP contribution in [0.15, 0.2) is 65.5 Å². The average molecular weight is 339 g/mol. The Hall–Kier alpha value is -2.99. The quantitative estimate of drug-likeness (QED) is 0.416. The number of ketones is 1. The summed E-state index contributed by atoms with van der Waals surface area (Å²) in [5.74, 6) is -0.198. The summed E-state index contributed by atoms with van der Waals surface area (Å²) in [7, 11) is 0. The van der Waals surface area contributed by atoms with Gasteiger partial charge >= 0.3 is 5.97 Å². The lowest BCUT2D eigenvalue weighted by atomic mass is 10.1. The first-order valence-corrected chi connectivity index (χ1v) is 7.94. The molecule has 0 N–H and O–H groups in total. The van der Waals surface area contributed by atoms with Gasteiger partial charge in [0.1, 0.15) is 5.75 Å². The molecule has 0 atom stereocenters. The molecule has 0 aliphatic carbocycles. The molecule has 3 aromatic rings. The molecule has 1 heterocycles. The summed E-state index contributed by atoms with van der Waals surface area (Å²) in [5.41, 5.74) is 0.864. The van der Waals surface area contributed by atoms with Gasteiger partial charge in [0.15, 0.2) is 0 Å². The topological polar surface area (TPSA) is 65.4 Å². The molecule has 120 valence electrons. The highest BCUT2D eigenvalue weighted by atomic mass is 32.1. The second kappa shape index (κ2) is 6.64. The zero-order valence-electron chi connectivity index (χ0n) is 12.8. The molecule has 6 heteroatoms. The van der Waals surface area contributed by atoms with Crippen molar-refractivity contribution < 1.29 is 14.3 Å². The molecule has 0 aliphatic heterocycles. The Kier molecular flexibility index (Phi) is 4.39. The fraction of sp³-hybridized carbons (Fsp3) is 0.0556. The molecule has 0 radical (unpaired) electrons. The molecule has 0 saturated heterocycles. The van der Waals surface area contributed by atoms with Crippen LogP contribution < -0.4 is 10.3 Å². The van der Waals surface area contributed by atoms with Crippen molar-refractivity contribution in [1.29, 1.82) is 0 Å². The highest BCUT2D eigenvalue weighted by Crippen LogP contribution is 2.19. The van der Waals surface area contributed by atoms with E-state index < -0.39 is 5.97 Å². The van der Waals surface area contributed by atoms with Crippen LogP contribution in [0.2, 0.25) is 0 Å². The number of ether oxygens (including phenoxy) is 1. The molecule has 0 saturated carbocycles. The number of nitrogens with zero attached hydrogens (tertiary/aromatic N) is 1. The maximum Gasteiger partial charge on any atom is 0.308 e. The molecule has 3 rings (SSSR count). The average Bonchev–Trinajstić information content (AvgIpc) is 2.97. The molecular formula is C18H13NO4S. The van der Waals surface area contributed by atoms with Gasteiger partial charge < -0.3 is 4.74 Å². The molecule has 5 nitrogen and oxygen atoms in total. The van der Waals surface area contributed by atoms with Crippen molar-refractivity contribution in [1.82, 2.24) is 3.96 Å². The van der Waals surface area contributed by atoms with E-state index >= 15 is 0 Å². The zero-order chi connectivity index (χ0) is 17.1. The Bertz CT molecular complexity index is 939. The number of carbonyl (C=O) groups is 2. The summed E-state index contributed by atoms with van der Waals surface area (Å²) in [6.07, 6.45) is 0. The highest BCUT2D eigenvalue weighted by Gasteiger charge is 2.15. The van der Waals surface area contributed by atoms with Gasteiger partial charge in [-0.15, -0.1) is 0 Å². The van der Waals surface area contributed by atoms with E-state index in [4.69, 9.17) is 4.74 Å². The van der Waals surface area contributed by atoms with Gasteiger partial charge in [0.2, 0.25) is 5.78 Å². The van der Waals surface area contributed by atoms with Crippen molar-refractivity contribution in [3.8, 4) is 11.4 Å². The zero-order valence-corrected chi connectivity index (χ0v) is 13.6. The summed E-state index contributed by atoms with van der Waals surface area (Å²) in [4.78, 5) is 35.9. The van der Waals surface area contributed by atoms with Gasteiger partial charge in [-0.25, -0.2) is 3.96 Å². The lowest BCUT2D eigenvalue weighted by Gasteiger charge is -2.03. The monoisotopic (exact) mass is 339 g/mol. The summed E-state index contributed by atoms with van der Waals surface area (Å²) in [5, 5.41) is 0. The van der Waals surface area contributed by atoms with Crippen LogP contribution >= 0.6 is 11.5 Å². The van der Waals surface area contributed by atoms with Crippen LogP contribution in [0.1, 0.15) is 22.2 Å². The van der Waals surface area contributed by atoms with E-state index in [2.05, 4.69) is 0 Å². The van der Waals surface area contributed by atoms with Gasteiger partial charge in [0.05, 0.1) is 10.6 Å². The molecule has 0 amide bonds.